The molecule has 0 N–H and O–H groups in total. The van der Waals surface area contributed by atoms with Gasteiger partial charge in [0.2, 0.25) is 0 Å². The van der Waals surface area contributed by atoms with Crippen molar-refractivity contribution in [1.82, 2.24) is 0 Å². The third-order valence-corrected chi connectivity index (χ3v) is 4.62. The van der Waals surface area contributed by atoms with Gasteiger partial charge in [-0.05, 0) is 22.8 Å². The number of halogens is 3. The molecule has 0 saturated carbocycles. The van der Waals surface area contributed by atoms with Gasteiger partial charge in [0.25, 0.3) is 0 Å². The highest BCUT2D eigenvalue weighted by molar-refractivity contribution is 5.65. The minimum atomic E-state index is -4.48. The molecule has 0 fully saturated rings. The molecule has 0 saturated heterocycles. The van der Waals surface area contributed by atoms with Crippen molar-refractivity contribution in [3.8, 4) is 0 Å². The predicted molar refractivity (Wildman–Crippen MR) is 99.8 cm³/mol. The van der Waals surface area contributed by atoms with Crippen molar-refractivity contribution in [1.29, 1.82) is 0 Å². The Labute approximate surface area is 166 Å². The van der Waals surface area contributed by atoms with E-state index in [0.717, 1.165) is 12.1 Å². The largest absolute Gasteiger partial charge is 0.548 e. The highest BCUT2D eigenvalue weighted by Crippen LogP contribution is 2.38. The van der Waals surface area contributed by atoms with Crippen molar-refractivity contribution in [2.24, 2.45) is 0 Å². The molecule has 3 nitrogen and oxygen atoms in total. The number of carbonyl (C=O) groups excluding carboxylic acids is 1. The van der Waals surface area contributed by atoms with Gasteiger partial charge in [0, 0.05) is 6.42 Å². The van der Waals surface area contributed by atoms with Crippen LogP contribution in [0.25, 0.3) is 0 Å². The van der Waals surface area contributed by atoms with Gasteiger partial charge in [0.05, 0.1) is 18.1 Å². The number of ether oxygens (including phenoxy) is 1. The Morgan fingerprint density at radius 1 is 0.793 bits per heavy atom. The summed E-state index contributed by atoms with van der Waals surface area (Å²) in [5, 5.41) is 11.2. The van der Waals surface area contributed by atoms with Crippen LogP contribution in [0, 0.1) is 0 Å². The fourth-order valence-electron chi connectivity index (χ4n) is 3.33. The number of benzene rings is 3. The second-order valence-corrected chi connectivity index (χ2v) is 6.59. The molecule has 29 heavy (non-hydrogen) atoms. The van der Waals surface area contributed by atoms with E-state index in [2.05, 4.69) is 0 Å². The molecule has 0 amide bonds. The average Bonchev–Trinajstić information content (AvgIpc) is 2.72. The highest BCUT2D eigenvalue weighted by atomic mass is 19.4. The van der Waals surface area contributed by atoms with Crippen LogP contribution in [0.3, 0.4) is 0 Å². The lowest BCUT2D eigenvalue weighted by atomic mass is 9.80. The van der Waals surface area contributed by atoms with Crippen LogP contribution >= 0.6 is 0 Å². The molecule has 6 heteroatoms. The number of carbonyl (C=O) groups is 1. The molecule has 0 unspecified atom stereocenters. The predicted octanol–water partition coefficient (Wildman–Crippen LogP) is 3.96. The van der Waals surface area contributed by atoms with E-state index in [9.17, 15) is 23.1 Å². The Kier molecular flexibility index (Phi) is 6.03. The highest BCUT2D eigenvalue weighted by Gasteiger charge is 2.37. The number of carboxylic acid groups (broad SMARTS) is 1. The maximum Gasteiger partial charge on any atom is 0.416 e. The first kappa shape index (κ1) is 20.6. The quantitative estimate of drug-likeness (QED) is 0.604. The van der Waals surface area contributed by atoms with E-state index in [4.69, 9.17) is 4.74 Å². The first-order valence-electron chi connectivity index (χ1n) is 8.92. The zero-order valence-corrected chi connectivity index (χ0v) is 15.4. The van der Waals surface area contributed by atoms with E-state index in [-0.39, 0.29) is 6.42 Å². The second kappa shape index (κ2) is 8.49. The minimum absolute atomic E-state index is 0.0121. The number of hydrogen-bond donors (Lipinski definition) is 0. The molecule has 3 aromatic carbocycles. The summed E-state index contributed by atoms with van der Waals surface area (Å²) in [6, 6.07) is 22.6. The van der Waals surface area contributed by atoms with Gasteiger partial charge in [-0.15, -0.1) is 0 Å². The van der Waals surface area contributed by atoms with Crippen LogP contribution in [0.5, 0.6) is 0 Å². The zero-order valence-electron chi connectivity index (χ0n) is 15.4. The van der Waals surface area contributed by atoms with E-state index < -0.39 is 29.9 Å². The maximum absolute atomic E-state index is 13.2. The maximum atomic E-state index is 13.2. The molecule has 0 atom stereocenters. The Morgan fingerprint density at radius 2 is 1.31 bits per heavy atom. The smallest absolute Gasteiger partial charge is 0.416 e. The Morgan fingerprint density at radius 3 is 1.79 bits per heavy atom. The van der Waals surface area contributed by atoms with E-state index in [1.807, 2.05) is 0 Å². The van der Waals surface area contributed by atoms with Crippen LogP contribution in [0.4, 0.5) is 13.2 Å². The molecule has 0 aliphatic rings. The molecular formula is C23H18F3O3-. The van der Waals surface area contributed by atoms with Gasteiger partial charge in [-0.2, -0.15) is 13.2 Å². The molecular weight excluding hydrogens is 381 g/mol. The summed E-state index contributed by atoms with van der Waals surface area (Å²) in [4.78, 5) is 11.2. The fourth-order valence-corrected chi connectivity index (χ4v) is 3.33. The standard InChI is InChI=1S/C23H19F3O3/c24-23(25,26)20-13-7-8-17(14-20)15-22(29-16-21(27)28,18-9-3-1-4-10-18)19-11-5-2-6-12-19/h1-14H,15-16H2,(H,27,28)/p-1. The number of aliphatic carboxylic acids is 1. The van der Waals surface area contributed by atoms with Gasteiger partial charge >= 0.3 is 6.18 Å². The molecule has 0 aliphatic carbocycles. The van der Waals surface area contributed by atoms with Crippen LogP contribution in [0.15, 0.2) is 84.9 Å². The Bertz CT molecular complexity index is 914. The lowest BCUT2D eigenvalue weighted by molar-refractivity contribution is -0.312. The summed E-state index contributed by atoms with van der Waals surface area (Å²) in [5.41, 5.74) is -0.446. The molecule has 3 aromatic rings. The van der Waals surface area contributed by atoms with E-state index in [0.29, 0.717) is 16.7 Å². The van der Waals surface area contributed by atoms with Crippen molar-refractivity contribution in [3.05, 3.63) is 107 Å². The van der Waals surface area contributed by atoms with Gasteiger partial charge in [0.1, 0.15) is 5.60 Å². The van der Waals surface area contributed by atoms with Crippen molar-refractivity contribution in [2.75, 3.05) is 6.61 Å². The number of alkyl halides is 3. The average molecular weight is 399 g/mol. The normalized spacial score (nSPS) is 12.0. The number of carboxylic acids is 1. The molecule has 0 radical (unpaired) electrons. The van der Waals surface area contributed by atoms with Crippen molar-refractivity contribution < 1.29 is 27.8 Å². The lowest BCUT2D eigenvalue weighted by Gasteiger charge is -2.36. The molecule has 0 aromatic heterocycles. The van der Waals surface area contributed by atoms with Gasteiger partial charge in [-0.25, -0.2) is 0 Å². The lowest BCUT2D eigenvalue weighted by Crippen LogP contribution is -2.39. The third kappa shape index (κ3) is 4.84. The van der Waals surface area contributed by atoms with Crippen LogP contribution in [-0.4, -0.2) is 12.6 Å². The second-order valence-electron chi connectivity index (χ2n) is 6.59. The Balaban J connectivity index is 2.15. The summed E-state index contributed by atoms with van der Waals surface area (Å²) in [6.07, 6.45) is -4.47. The van der Waals surface area contributed by atoms with E-state index in [1.54, 1.807) is 66.7 Å². The first-order valence-corrected chi connectivity index (χ1v) is 8.92. The van der Waals surface area contributed by atoms with Crippen LogP contribution < -0.4 is 5.11 Å². The summed E-state index contributed by atoms with van der Waals surface area (Å²) in [5.74, 6) is -1.41. The summed E-state index contributed by atoms with van der Waals surface area (Å²) < 4.78 is 45.4. The van der Waals surface area contributed by atoms with Crippen LogP contribution in [-0.2, 0) is 27.7 Å². The zero-order chi connectivity index (χ0) is 20.9. The summed E-state index contributed by atoms with van der Waals surface area (Å²) >= 11 is 0. The van der Waals surface area contributed by atoms with E-state index >= 15 is 0 Å². The molecule has 150 valence electrons. The molecule has 0 spiro atoms. The van der Waals surface area contributed by atoms with Gasteiger partial charge < -0.3 is 14.6 Å². The van der Waals surface area contributed by atoms with Crippen LogP contribution in [0.1, 0.15) is 22.3 Å². The monoisotopic (exact) mass is 399 g/mol. The van der Waals surface area contributed by atoms with E-state index in [1.165, 1.54) is 6.07 Å². The first-order chi connectivity index (χ1) is 13.8. The molecule has 0 bridgehead atoms. The van der Waals surface area contributed by atoms with Gasteiger partial charge in [-0.1, -0.05) is 78.9 Å². The number of hydrogen-bond acceptors (Lipinski definition) is 3. The SMILES string of the molecule is O=C([O-])COC(Cc1cccc(C(F)(F)F)c1)(c1ccccc1)c1ccccc1. The van der Waals surface area contributed by atoms with Crippen molar-refractivity contribution in [2.45, 2.75) is 18.2 Å². The third-order valence-electron chi connectivity index (χ3n) is 4.62. The van der Waals surface area contributed by atoms with Gasteiger partial charge in [0.15, 0.2) is 0 Å². The molecule has 0 aliphatic heterocycles. The topological polar surface area (TPSA) is 49.4 Å². The van der Waals surface area contributed by atoms with Crippen LogP contribution in [0.2, 0.25) is 0 Å². The van der Waals surface area contributed by atoms with Crippen molar-refractivity contribution >= 4 is 5.97 Å². The molecule has 0 heterocycles. The Hall–Kier alpha value is -3.12. The molecule has 3 rings (SSSR count). The summed E-state index contributed by atoms with van der Waals surface area (Å²) in [7, 11) is 0. The van der Waals surface area contributed by atoms with Gasteiger partial charge in [-0.3, -0.25) is 0 Å². The fraction of sp³-hybridized carbons (Fsp3) is 0.174. The van der Waals surface area contributed by atoms with Crippen molar-refractivity contribution in [3.63, 3.8) is 0 Å². The summed E-state index contributed by atoms with van der Waals surface area (Å²) in [6.45, 7) is -0.706. The minimum Gasteiger partial charge on any atom is -0.548 e. The number of rotatable bonds is 7.